The van der Waals surface area contributed by atoms with Gasteiger partial charge in [0.2, 0.25) is 5.13 Å². The second-order valence-corrected chi connectivity index (χ2v) is 4.80. The first kappa shape index (κ1) is 14.0. The highest BCUT2D eigenvalue weighted by Crippen LogP contribution is 2.10. The van der Waals surface area contributed by atoms with E-state index in [0.717, 1.165) is 16.3 Å². The van der Waals surface area contributed by atoms with Gasteiger partial charge in [-0.1, -0.05) is 4.52 Å². The standard InChI is InChI=1S/C7H9N4S.ClHO4/c1-4-3-5(2)11-7(9-4)12-6(8)10-11;2-1(3,4)5/h3H,1-2H3,(H2,8,10);(H,2,3,4,5)/q+1;/p-1. The van der Waals surface area contributed by atoms with Gasteiger partial charge in [-0.05, 0) is 21.4 Å². The fourth-order valence-corrected chi connectivity index (χ4v) is 1.92. The summed E-state index contributed by atoms with van der Waals surface area (Å²) in [5.74, 6) is 0. The van der Waals surface area contributed by atoms with Crippen LogP contribution in [0.3, 0.4) is 0 Å². The van der Waals surface area contributed by atoms with Crippen molar-refractivity contribution >= 4 is 21.4 Å². The van der Waals surface area contributed by atoms with Gasteiger partial charge < -0.3 is 5.73 Å². The molecule has 0 aliphatic rings. The Morgan fingerprint density at radius 3 is 2.35 bits per heavy atom. The SMILES string of the molecule is Cc1cc(C)[n+]2nc(N)sc2n1.[O-][Cl+3]([O-])([O-])[O-]. The summed E-state index contributed by atoms with van der Waals surface area (Å²) in [6.07, 6.45) is 0. The molecule has 2 aromatic heterocycles. The highest BCUT2D eigenvalue weighted by molar-refractivity contribution is 7.19. The molecule has 8 nitrogen and oxygen atoms in total. The minimum absolute atomic E-state index is 0.552. The van der Waals surface area contributed by atoms with E-state index in [1.165, 1.54) is 11.3 Å². The molecule has 0 radical (unpaired) electrons. The number of rotatable bonds is 0. The molecule has 2 rings (SSSR count). The van der Waals surface area contributed by atoms with Crippen molar-refractivity contribution in [1.82, 2.24) is 10.1 Å². The molecular weight excluding hydrogens is 272 g/mol. The molecule has 0 bridgehead atoms. The Hall–Kier alpha value is -1.10. The lowest BCUT2D eigenvalue weighted by Gasteiger charge is -2.17. The molecule has 0 aromatic carbocycles. The van der Waals surface area contributed by atoms with E-state index < -0.39 is 10.2 Å². The average Bonchev–Trinajstić information content (AvgIpc) is 2.42. The molecular formula is C7H9ClN4O4S. The van der Waals surface area contributed by atoms with Crippen LogP contribution in [0, 0.1) is 24.1 Å². The first-order valence-corrected chi connectivity index (χ1v) is 6.26. The summed E-state index contributed by atoms with van der Waals surface area (Å²) >= 11 is 1.40. The lowest BCUT2D eigenvalue weighted by molar-refractivity contribution is -2.00. The van der Waals surface area contributed by atoms with Crippen LogP contribution in [0.1, 0.15) is 11.4 Å². The third-order valence-corrected chi connectivity index (χ3v) is 2.34. The van der Waals surface area contributed by atoms with Crippen LogP contribution in [0.4, 0.5) is 5.13 Å². The van der Waals surface area contributed by atoms with Gasteiger partial charge >= 0.3 is 4.96 Å². The van der Waals surface area contributed by atoms with E-state index in [-0.39, 0.29) is 0 Å². The Bertz CT molecular complexity index is 520. The molecule has 2 N–H and O–H groups in total. The minimum Gasteiger partial charge on any atom is -0.372 e. The first-order chi connectivity index (χ1) is 7.66. The van der Waals surface area contributed by atoms with Crippen LogP contribution < -0.4 is 28.9 Å². The van der Waals surface area contributed by atoms with E-state index in [2.05, 4.69) is 10.1 Å². The van der Waals surface area contributed by atoms with E-state index in [1.54, 1.807) is 4.52 Å². The zero-order valence-corrected chi connectivity index (χ0v) is 10.5. The number of halogens is 1. The van der Waals surface area contributed by atoms with Crippen molar-refractivity contribution in [3.63, 3.8) is 0 Å². The molecule has 94 valence electrons. The van der Waals surface area contributed by atoms with Crippen molar-refractivity contribution < 1.29 is 33.4 Å². The van der Waals surface area contributed by atoms with Crippen molar-refractivity contribution in [1.29, 1.82) is 0 Å². The molecule has 0 saturated carbocycles. The fraction of sp³-hybridized carbons (Fsp3) is 0.286. The van der Waals surface area contributed by atoms with Crippen LogP contribution in [0.15, 0.2) is 6.07 Å². The summed E-state index contributed by atoms with van der Waals surface area (Å²) in [7, 11) is -4.94. The lowest BCUT2D eigenvalue weighted by atomic mass is 10.4. The van der Waals surface area contributed by atoms with Crippen LogP contribution in [0.5, 0.6) is 0 Å². The van der Waals surface area contributed by atoms with Crippen LogP contribution >= 0.6 is 11.3 Å². The van der Waals surface area contributed by atoms with Crippen LogP contribution in [-0.4, -0.2) is 10.1 Å². The van der Waals surface area contributed by atoms with Gasteiger partial charge in [-0.2, -0.15) is 0 Å². The molecule has 0 spiro atoms. The maximum absolute atomic E-state index is 8.49. The van der Waals surface area contributed by atoms with Crippen molar-refractivity contribution in [3.05, 3.63) is 17.5 Å². The number of nitrogen functional groups attached to an aromatic ring is 1. The second kappa shape index (κ2) is 5.04. The van der Waals surface area contributed by atoms with Gasteiger partial charge in [0.1, 0.15) is 5.69 Å². The van der Waals surface area contributed by atoms with Gasteiger partial charge in [-0.15, -0.1) is 10.2 Å². The van der Waals surface area contributed by atoms with E-state index in [4.69, 9.17) is 24.4 Å². The molecule has 2 heterocycles. The van der Waals surface area contributed by atoms with Crippen LogP contribution in [0.2, 0.25) is 0 Å². The average molecular weight is 281 g/mol. The molecule has 10 heteroatoms. The van der Waals surface area contributed by atoms with Crippen molar-refractivity contribution in [2.45, 2.75) is 13.8 Å². The fourth-order valence-electron chi connectivity index (χ4n) is 1.15. The van der Waals surface area contributed by atoms with Gasteiger partial charge in [-0.3, -0.25) is 0 Å². The topological polar surface area (TPSA) is 148 Å². The zero-order chi connectivity index (χ0) is 13.2. The highest BCUT2D eigenvalue weighted by atomic mass is 35.7. The number of anilines is 1. The molecule has 2 aromatic rings. The van der Waals surface area contributed by atoms with Gasteiger partial charge in [0.05, 0.1) is 0 Å². The second-order valence-electron chi connectivity index (χ2n) is 3.05. The van der Waals surface area contributed by atoms with E-state index in [9.17, 15) is 0 Å². The number of nitrogens with zero attached hydrogens (tertiary/aromatic N) is 3. The Balaban J connectivity index is 0.000000249. The quantitative estimate of drug-likeness (QED) is 0.480. The van der Waals surface area contributed by atoms with Crippen LogP contribution in [-0.2, 0) is 0 Å². The molecule has 0 aliphatic heterocycles. The van der Waals surface area contributed by atoms with E-state index in [1.807, 2.05) is 19.9 Å². The van der Waals surface area contributed by atoms with Crippen LogP contribution in [0.25, 0.3) is 4.96 Å². The maximum Gasteiger partial charge on any atom is 0.411 e. The normalized spacial score (nSPS) is 11.2. The molecule has 0 atom stereocenters. The Kier molecular flexibility index (Phi) is 4.14. The predicted molar refractivity (Wildman–Crippen MR) is 47.0 cm³/mol. The molecule has 17 heavy (non-hydrogen) atoms. The third-order valence-electron chi connectivity index (χ3n) is 1.60. The summed E-state index contributed by atoms with van der Waals surface area (Å²) in [6, 6.07) is 1.98. The summed E-state index contributed by atoms with van der Waals surface area (Å²) in [4.78, 5) is 5.15. The number of aromatic nitrogens is 3. The lowest BCUT2D eigenvalue weighted by Crippen LogP contribution is -2.68. The van der Waals surface area contributed by atoms with E-state index in [0.29, 0.717) is 5.13 Å². The predicted octanol–water partition coefficient (Wildman–Crippen LogP) is -4.28. The highest BCUT2D eigenvalue weighted by Gasteiger charge is 2.13. The zero-order valence-electron chi connectivity index (χ0n) is 8.92. The van der Waals surface area contributed by atoms with Crippen molar-refractivity contribution in [2.75, 3.05) is 5.73 Å². The number of fused-ring (bicyclic) bond motifs is 1. The van der Waals surface area contributed by atoms with Crippen molar-refractivity contribution in [2.24, 2.45) is 0 Å². The molecule has 0 aliphatic carbocycles. The Morgan fingerprint density at radius 1 is 1.29 bits per heavy atom. The molecule has 0 unspecified atom stereocenters. The molecule has 0 saturated heterocycles. The summed E-state index contributed by atoms with van der Waals surface area (Å²) in [5.41, 5.74) is 7.61. The van der Waals surface area contributed by atoms with E-state index >= 15 is 0 Å². The van der Waals surface area contributed by atoms with Gasteiger partial charge in [-0.25, -0.2) is 18.6 Å². The number of hydrogen-bond donors (Lipinski definition) is 1. The molecule has 0 fully saturated rings. The summed E-state index contributed by atoms with van der Waals surface area (Å²) in [6.45, 7) is 3.95. The number of nitrogens with two attached hydrogens (primary N) is 1. The largest absolute Gasteiger partial charge is 0.411 e. The minimum atomic E-state index is -4.94. The Morgan fingerprint density at radius 2 is 1.82 bits per heavy atom. The number of hydrogen-bond acceptors (Lipinski definition) is 8. The van der Waals surface area contributed by atoms with Gasteiger partial charge in [0.25, 0.3) is 0 Å². The summed E-state index contributed by atoms with van der Waals surface area (Å²) < 4.78 is 35.7. The summed E-state index contributed by atoms with van der Waals surface area (Å²) in [5, 5.41) is 4.66. The van der Waals surface area contributed by atoms with Gasteiger partial charge in [0, 0.05) is 19.9 Å². The first-order valence-electron chi connectivity index (χ1n) is 4.21. The monoisotopic (exact) mass is 280 g/mol. The Labute approximate surface area is 102 Å². The third kappa shape index (κ3) is 4.73. The maximum atomic E-state index is 8.49. The molecule has 0 amide bonds. The smallest absolute Gasteiger partial charge is 0.372 e. The van der Waals surface area contributed by atoms with Crippen molar-refractivity contribution in [3.8, 4) is 0 Å². The van der Waals surface area contributed by atoms with Gasteiger partial charge in [0.15, 0.2) is 5.69 Å². The number of aryl methyl sites for hydroxylation is 2.